The average molecular weight is 290 g/mol. The summed E-state index contributed by atoms with van der Waals surface area (Å²) in [5.41, 5.74) is -1.62. The van der Waals surface area contributed by atoms with Crippen molar-refractivity contribution in [2.24, 2.45) is 5.41 Å². The van der Waals surface area contributed by atoms with E-state index < -0.39 is 22.9 Å². The van der Waals surface area contributed by atoms with Gasteiger partial charge in [-0.05, 0) is 46.8 Å². The highest BCUT2D eigenvalue weighted by atomic mass is 19.1. The van der Waals surface area contributed by atoms with Gasteiger partial charge in [-0.25, -0.2) is 4.39 Å². The Balaban J connectivity index is 2.62. The van der Waals surface area contributed by atoms with Crippen molar-refractivity contribution < 1.29 is 14.3 Å². The first-order chi connectivity index (χ1) is 9.57. The highest BCUT2D eigenvalue weighted by molar-refractivity contribution is 6.02. The van der Waals surface area contributed by atoms with Crippen LogP contribution in [0.5, 0.6) is 0 Å². The van der Waals surface area contributed by atoms with E-state index in [1.807, 2.05) is 0 Å². The van der Waals surface area contributed by atoms with Crippen LogP contribution in [-0.4, -0.2) is 22.7 Å². The smallest absolute Gasteiger partial charge is 0.235 e. The number of amides is 1. The van der Waals surface area contributed by atoms with Crippen LogP contribution in [0.1, 0.15) is 38.8 Å². The molecule has 1 fully saturated rings. The third kappa shape index (κ3) is 1.86. The molecule has 1 saturated heterocycles. The second kappa shape index (κ2) is 4.54. The minimum absolute atomic E-state index is 0.0541. The second-order valence-electron chi connectivity index (χ2n) is 6.31. The Kier molecular flexibility index (Phi) is 3.34. The van der Waals surface area contributed by atoms with Crippen molar-refractivity contribution in [3.63, 3.8) is 0 Å². The molecule has 1 amide bonds. The zero-order valence-electron chi connectivity index (χ0n) is 12.9. The van der Waals surface area contributed by atoms with Gasteiger partial charge in [-0.3, -0.25) is 4.79 Å². The van der Waals surface area contributed by atoms with Gasteiger partial charge in [0.1, 0.15) is 11.9 Å². The van der Waals surface area contributed by atoms with Gasteiger partial charge < -0.3 is 10.0 Å². The normalized spacial score (nSPS) is 27.8. The van der Waals surface area contributed by atoms with Crippen molar-refractivity contribution >= 4 is 11.6 Å². The first-order valence-corrected chi connectivity index (χ1v) is 6.82. The van der Waals surface area contributed by atoms with Crippen molar-refractivity contribution in [1.82, 2.24) is 0 Å². The van der Waals surface area contributed by atoms with Gasteiger partial charge in [-0.1, -0.05) is 0 Å². The van der Waals surface area contributed by atoms with Crippen molar-refractivity contribution in [3.05, 3.63) is 29.1 Å². The molecule has 2 atom stereocenters. The van der Waals surface area contributed by atoms with Gasteiger partial charge in [0, 0.05) is 11.3 Å². The van der Waals surface area contributed by atoms with Crippen LogP contribution in [0.4, 0.5) is 10.1 Å². The zero-order chi connectivity index (χ0) is 16.2. The summed E-state index contributed by atoms with van der Waals surface area (Å²) in [6, 6.07) is 4.20. The lowest BCUT2D eigenvalue weighted by Gasteiger charge is -2.33. The maximum absolute atomic E-state index is 14.1. The van der Waals surface area contributed by atoms with Gasteiger partial charge in [-0.15, -0.1) is 0 Å². The number of benzene rings is 1. The van der Waals surface area contributed by atoms with E-state index in [1.165, 1.54) is 17.9 Å². The molecule has 0 spiro atoms. The maximum atomic E-state index is 14.1. The fourth-order valence-corrected chi connectivity index (χ4v) is 2.81. The van der Waals surface area contributed by atoms with E-state index in [0.29, 0.717) is 5.69 Å². The summed E-state index contributed by atoms with van der Waals surface area (Å²) in [6.45, 7) is 8.25. The Morgan fingerprint density at radius 3 is 2.38 bits per heavy atom. The monoisotopic (exact) mass is 290 g/mol. The number of nitriles is 1. The SMILES string of the molecule is Cc1c(N2C(=O)C(C)(C)[C@@](C)(O)[C@H]2C)ccc(C#N)c1F. The first-order valence-electron chi connectivity index (χ1n) is 6.82. The van der Waals surface area contributed by atoms with E-state index in [0.717, 1.165) is 0 Å². The largest absolute Gasteiger partial charge is 0.387 e. The van der Waals surface area contributed by atoms with Gasteiger partial charge in [0.15, 0.2) is 0 Å². The van der Waals surface area contributed by atoms with Gasteiger partial charge in [-0.2, -0.15) is 5.26 Å². The van der Waals surface area contributed by atoms with Crippen LogP contribution >= 0.6 is 0 Å². The summed E-state index contributed by atoms with van der Waals surface area (Å²) < 4.78 is 14.1. The van der Waals surface area contributed by atoms with Crippen molar-refractivity contribution in [3.8, 4) is 6.07 Å². The summed E-state index contributed by atoms with van der Waals surface area (Å²) in [6.07, 6.45) is 0. The first kappa shape index (κ1) is 15.5. The summed E-state index contributed by atoms with van der Waals surface area (Å²) >= 11 is 0. The maximum Gasteiger partial charge on any atom is 0.235 e. The molecule has 1 aromatic carbocycles. The number of carbonyl (C=O) groups excluding carboxylic acids is 1. The van der Waals surface area contributed by atoms with Crippen LogP contribution in [0.15, 0.2) is 12.1 Å². The molecule has 21 heavy (non-hydrogen) atoms. The second-order valence-corrected chi connectivity index (χ2v) is 6.31. The highest BCUT2D eigenvalue weighted by Gasteiger charge is 2.59. The van der Waals surface area contributed by atoms with Crippen LogP contribution in [0.3, 0.4) is 0 Å². The standard InChI is InChI=1S/C16H19FN2O2/c1-9-12(7-6-11(8-18)13(9)17)19-10(2)16(5,21)15(3,4)14(19)20/h6-7,10,21H,1-5H3/t10-,16+/m1/s1. The van der Waals surface area contributed by atoms with Crippen molar-refractivity contribution in [1.29, 1.82) is 5.26 Å². The van der Waals surface area contributed by atoms with Crippen molar-refractivity contribution in [2.75, 3.05) is 4.90 Å². The lowest BCUT2D eigenvalue weighted by molar-refractivity contribution is -0.131. The number of rotatable bonds is 1. The van der Waals surface area contributed by atoms with Crippen LogP contribution in [0.25, 0.3) is 0 Å². The van der Waals surface area contributed by atoms with Gasteiger partial charge in [0.05, 0.1) is 22.6 Å². The van der Waals surface area contributed by atoms with Crippen LogP contribution < -0.4 is 4.90 Å². The van der Waals surface area contributed by atoms with E-state index >= 15 is 0 Å². The number of carbonyl (C=O) groups is 1. The van der Waals surface area contributed by atoms with E-state index in [-0.39, 0.29) is 17.0 Å². The van der Waals surface area contributed by atoms with E-state index in [9.17, 15) is 14.3 Å². The summed E-state index contributed by atoms with van der Waals surface area (Å²) in [4.78, 5) is 14.1. The molecule has 112 valence electrons. The summed E-state index contributed by atoms with van der Waals surface area (Å²) in [7, 11) is 0. The summed E-state index contributed by atoms with van der Waals surface area (Å²) in [5.74, 6) is -0.883. The number of halogens is 1. The van der Waals surface area contributed by atoms with E-state index in [2.05, 4.69) is 0 Å². The Hall–Kier alpha value is -1.93. The molecule has 1 aliphatic heterocycles. The lowest BCUT2D eigenvalue weighted by atomic mass is 9.76. The predicted octanol–water partition coefficient (Wildman–Crippen LogP) is 2.52. The molecule has 1 aliphatic rings. The molecular formula is C16H19FN2O2. The average Bonchev–Trinajstić information content (AvgIpc) is 2.53. The molecule has 1 aromatic rings. The predicted molar refractivity (Wildman–Crippen MR) is 77.2 cm³/mol. The molecule has 1 N–H and O–H groups in total. The molecule has 0 radical (unpaired) electrons. The van der Waals surface area contributed by atoms with E-state index in [4.69, 9.17) is 5.26 Å². The lowest BCUT2D eigenvalue weighted by Crippen LogP contribution is -2.46. The summed E-state index contributed by atoms with van der Waals surface area (Å²) in [5, 5.41) is 19.5. The quantitative estimate of drug-likeness (QED) is 0.864. The molecule has 0 unspecified atom stereocenters. The van der Waals surface area contributed by atoms with Crippen LogP contribution in [-0.2, 0) is 4.79 Å². The number of anilines is 1. The molecule has 5 heteroatoms. The molecule has 1 heterocycles. The highest BCUT2D eigenvalue weighted by Crippen LogP contribution is 2.46. The zero-order valence-corrected chi connectivity index (χ0v) is 12.9. The van der Waals surface area contributed by atoms with Gasteiger partial charge in [0.2, 0.25) is 5.91 Å². The van der Waals surface area contributed by atoms with E-state index in [1.54, 1.807) is 39.8 Å². The topological polar surface area (TPSA) is 64.3 Å². The molecule has 0 saturated carbocycles. The molecule has 2 rings (SSSR count). The number of hydrogen-bond donors (Lipinski definition) is 1. The Bertz CT molecular complexity index is 659. The molecule has 4 nitrogen and oxygen atoms in total. The minimum atomic E-state index is -1.24. The Morgan fingerprint density at radius 2 is 1.95 bits per heavy atom. The van der Waals surface area contributed by atoms with Crippen LogP contribution in [0.2, 0.25) is 0 Å². The molecular weight excluding hydrogens is 271 g/mol. The number of aliphatic hydroxyl groups is 1. The third-order valence-corrected chi connectivity index (χ3v) is 4.96. The van der Waals surface area contributed by atoms with Gasteiger partial charge in [0.25, 0.3) is 0 Å². The number of hydrogen-bond acceptors (Lipinski definition) is 3. The molecule has 0 aliphatic carbocycles. The number of nitrogens with zero attached hydrogens (tertiary/aromatic N) is 2. The fraction of sp³-hybridized carbons (Fsp3) is 0.500. The Morgan fingerprint density at radius 1 is 1.38 bits per heavy atom. The Labute approximate surface area is 123 Å². The van der Waals surface area contributed by atoms with Crippen LogP contribution in [0, 0.1) is 29.5 Å². The van der Waals surface area contributed by atoms with Crippen molar-refractivity contribution in [2.45, 2.75) is 46.3 Å². The fourth-order valence-electron chi connectivity index (χ4n) is 2.81. The van der Waals surface area contributed by atoms with Gasteiger partial charge >= 0.3 is 0 Å². The molecule has 0 aromatic heterocycles. The minimum Gasteiger partial charge on any atom is -0.387 e. The third-order valence-electron chi connectivity index (χ3n) is 4.96. The molecule has 0 bridgehead atoms.